The molecule has 0 saturated carbocycles. The maximum atomic E-state index is 11.3. The number of thiophene rings is 1. The average molecular weight is 234 g/mol. The molecule has 0 atom stereocenters. The molecule has 0 saturated heterocycles. The van der Waals surface area contributed by atoms with Crippen LogP contribution in [0.2, 0.25) is 0 Å². The van der Waals surface area contributed by atoms with Crippen LogP contribution in [0.5, 0.6) is 0 Å². The Hall–Kier alpha value is -1.84. The van der Waals surface area contributed by atoms with E-state index in [9.17, 15) is 4.79 Å². The fourth-order valence-electron chi connectivity index (χ4n) is 1.26. The van der Waals surface area contributed by atoms with Gasteiger partial charge in [0, 0.05) is 10.4 Å². The van der Waals surface area contributed by atoms with Crippen molar-refractivity contribution in [3.8, 4) is 11.8 Å². The molecule has 0 aromatic carbocycles. The second-order valence-corrected chi connectivity index (χ2v) is 4.05. The van der Waals surface area contributed by atoms with Crippen LogP contribution in [0, 0.1) is 11.8 Å². The van der Waals surface area contributed by atoms with Crippen molar-refractivity contribution in [3.05, 3.63) is 38.7 Å². The number of H-pyrrole nitrogens is 1. The Labute approximate surface area is 95.9 Å². The molecule has 0 aliphatic heterocycles. The molecule has 0 aliphatic carbocycles. The summed E-state index contributed by atoms with van der Waals surface area (Å²) in [6, 6.07) is 1.92. The van der Waals surface area contributed by atoms with E-state index >= 15 is 0 Å². The minimum atomic E-state index is -0.217. The number of hydrogen-bond donors (Lipinski definition) is 2. The summed E-state index contributed by atoms with van der Waals surface area (Å²) < 4.78 is 1.50. The van der Waals surface area contributed by atoms with Crippen LogP contribution < -0.4 is 11.4 Å². The Bertz CT molecular complexity index is 583. The molecule has 0 radical (unpaired) electrons. The molecule has 0 spiro atoms. The summed E-state index contributed by atoms with van der Waals surface area (Å²) in [5.41, 5.74) is 6.02. The zero-order chi connectivity index (χ0) is 11.4. The predicted molar refractivity (Wildman–Crippen MR) is 62.2 cm³/mol. The molecule has 0 aliphatic rings. The fraction of sp³-hybridized carbons (Fsp3) is 0.200. The van der Waals surface area contributed by atoms with Gasteiger partial charge in [-0.25, -0.2) is 9.89 Å². The first-order chi connectivity index (χ1) is 7.81. The third-order valence-corrected chi connectivity index (χ3v) is 2.91. The van der Waals surface area contributed by atoms with E-state index in [1.165, 1.54) is 10.9 Å². The van der Waals surface area contributed by atoms with Crippen LogP contribution in [0.1, 0.15) is 10.4 Å². The lowest BCUT2D eigenvalue weighted by molar-refractivity contribution is 0.771. The molecule has 2 aromatic rings. The van der Waals surface area contributed by atoms with Gasteiger partial charge in [0.15, 0.2) is 0 Å². The van der Waals surface area contributed by atoms with Gasteiger partial charge in [-0.2, -0.15) is 5.10 Å². The van der Waals surface area contributed by atoms with Crippen molar-refractivity contribution in [1.82, 2.24) is 14.8 Å². The van der Waals surface area contributed by atoms with Gasteiger partial charge in [-0.3, -0.25) is 4.57 Å². The first-order valence-corrected chi connectivity index (χ1v) is 5.54. The number of rotatable bonds is 2. The Morgan fingerprint density at radius 3 is 3.19 bits per heavy atom. The van der Waals surface area contributed by atoms with Gasteiger partial charge in [-0.05, 0) is 11.4 Å². The maximum absolute atomic E-state index is 11.3. The summed E-state index contributed by atoms with van der Waals surface area (Å²) in [6.45, 7) is 0.822. The number of nitrogens with zero attached hydrogens (tertiary/aromatic N) is 2. The van der Waals surface area contributed by atoms with Gasteiger partial charge in [0.05, 0.1) is 13.1 Å². The normalized spacial score (nSPS) is 9.81. The summed E-state index contributed by atoms with van der Waals surface area (Å²) in [6.07, 6.45) is 1.47. The molecule has 0 fully saturated rings. The Morgan fingerprint density at radius 1 is 1.62 bits per heavy atom. The van der Waals surface area contributed by atoms with Crippen molar-refractivity contribution in [2.45, 2.75) is 6.54 Å². The molecule has 2 aromatic heterocycles. The summed E-state index contributed by atoms with van der Waals surface area (Å²) >= 11 is 1.56. The lowest BCUT2D eigenvalue weighted by Crippen LogP contribution is -2.16. The van der Waals surface area contributed by atoms with Gasteiger partial charge >= 0.3 is 5.69 Å². The van der Waals surface area contributed by atoms with E-state index in [4.69, 9.17) is 5.73 Å². The molecule has 6 heteroatoms. The van der Waals surface area contributed by atoms with Crippen LogP contribution in [-0.4, -0.2) is 21.3 Å². The minimum absolute atomic E-state index is 0.217. The van der Waals surface area contributed by atoms with Crippen LogP contribution in [0.15, 0.2) is 22.6 Å². The SMILES string of the molecule is NCC#Cc1ccsc1Cn1cn[nH]c1=O. The van der Waals surface area contributed by atoms with Gasteiger partial charge in [0.25, 0.3) is 0 Å². The zero-order valence-corrected chi connectivity index (χ0v) is 9.25. The van der Waals surface area contributed by atoms with Crippen molar-refractivity contribution in [2.75, 3.05) is 6.54 Å². The van der Waals surface area contributed by atoms with Gasteiger partial charge in [-0.1, -0.05) is 11.8 Å². The van der Waals surface area contributed by atoms with E-state index < -0.39 is 0 Å². The van der Waals surface area contributed by atoms with Crippen LogP contribution in [-0.2, 0) is 6.54 Å². The van der Waals surface area contributed by atoms with E-state index in [1.807, 2.05) is 11.4 Å². The monoisotopic (exact) mass is 234 g/mol. The van der Waals surface area contributed by atoms with Crippen molar-refractivity contribution < 1.29 is 0 Å². The molecular weight excluding hydrogens is 224 g/mol. The highest BCUT2D eigenvalue weighted by Gasteiger charge is 2.04. The lowest BCUT2D eigenvalue weighted by atomic mass is 10.2. The smallest absolute Gasteiger partial charge is 0.320 e. The summed E-state index contributed by atoms with van der Waals surface area (Å²) in [5, 5.41) is 7.96. The van der Waals surface area contributed by atoms with E-state index in [0.717, 1.165) is 10.4 Å². The molecule has 2 rings (SSSR count). The number of nitrogens with one attached hydrogen (secondary N) is 1. The van der Waals surface area contributed by atoms with Crippen LogP contribution in [0.4, 0.5) is 0 Å². The van der Waals surface area contributed by atoms with Crippen LogP contribution in [0.3, 0.4) is 0 Å². The molecule has 2 heterocycles. The van der Waals surface area contributed by atoms with Crippen molar-refractivity contribution in [3.63, 3.8) is 0 Å². The third kappa shape index (κ3) is 2.21. The predicted octanol–water partition coefficient (Wildman–Crippen LogP) is -0.00860. The standard InChI is InChI=1S/C10H10N4OS/c11-4-1-2-8-3-5-16-9(8)6-14-7-12-13-10(14)15/h3,5,7H,4,6,11H2,(H,13,15). The largest absolute Gasteiger partial charge is 0.343 e. The lowest BCUT2D eigenvalue weighted by Gasteiger charge is -1.97. The van der Waals surface area contributed by atoms with Crippen molar-refractivity contribution >= 4 is 11.3 Å². The number of hydrogen-bond acceptors (Lipinski definition) is 4. The van der Waals surface area contributed by atoms with E-state index in [-0.39, 0.29) is 5.69 Å². The van der Waals surface area contributed by atoms with Crippen LogP contribution >= 0.6 is 11.3 Å². The number of aromatic nitrogens is 3. The second kappa shape index (κ2) is 4.79. The topological polar surface area (TPSA) is 76.7 Å². The first-order valence-electron chi connectivity index (χ1n) is 4.66. The Morgan fingerprint density at radius 2 is 2.50 bits per heavy atom. The molecule has 5 nitrogen and oxygen atoms in total. The van der Waals surface area contributed by atoms with Crippen molar-refractivity contribution in [1.29, 1.82) is 0 Å². The molecular formula is C10H10N4OS. The zero-order valence-electron chi connectivity index (χ0n) is 8.43. The maximum Gasteiger partial charge on any atom is 0.343 e. The van der Waals surface area contributed by atoms with Gasteiger partial charge in [-0.15, -0.1) is 11.3 Å². The third-order valence-electron chi connectivity index (χ3n) is 2.00. The molecule has 82 valence electrons. The first kappa shape index (κ1) is 10.7. The van der Waals surface area contributed by atoms with Crippen molar-refractivity contribution in [2.24, 2.45) is 5.73 Å². The minimum Gasteiger partial charge on any atom is -0.320 e. The van der Waals surface area contributed by atoms with E-state index in [1.54, 1.807) is 11.3 Å². The summed E-state index contributed by atoms with van der Waals surface area (Å²) in [5.74, 6) is 5.77. The van der Waals surface area contributed by atoms with Gasteiger partial charge in [0.1, 0.15) is 6.33 Å². The Kier molecular flexibility index (Phi) is 3.19. The highest BCUT2D eigenvalue weighted by atomic mass is 32.1. The highest BCUT2D eigenvalue weighted by molar-refractivity contribution is 7.10. The molecule has 0 amide bonds. The molecule has 3 N–H and O–H groups in total. The second-order valence-electron chi connectivity index (χ2n) is 3.05. The number of aromatic amines is 1. The van der Waals surface area contributed by atoms with Gasteiger partial charge in [0.2, 0.25) is 0 Å². The fourth-order valence-corrected chi connectivity index (χ4v) is 2.09. The van der Waals surface area contributed by atoms with Crippen LogP contribution in [0.25, 0.3) is 0 Å². The number of nitrogens with two attached hydrogens (primary N) is 1. The van der Waals surface area contributed by atoms with E-state index in [0.29, 0.717) is 13.1 Å². The van der Waals surface area contributed by atoms with Gasteiger partial charge < -0.3 is 5.73 Å². The molecule has 0 bridgehead atoms. The Balaban J connectivity index is 2.25. The average Bonchev–Trinajstić information content (AvgIpc) is 2.87. The van der Waals surface area contributed by atoms with E-state index in [2.05, 4.69) is 22.0 Å². The quantitative estimate of drug-likeness (QED) is 0.718. The highest BCUT2D eigenvalue weighted by Crippen LogP contribution is 2.16. The summed E-state index contributed by atoms with van der Waals surface area (Å²) in [4.78, 5) is 12.3. The molecule has 16 heavy (non-hydrogen) atoms. The molecule has 0 unspecified atom stereocenters. The summed E-state index contributed by atoms with van der Waals surface area (Å²) in [7, 11) is 0.